The van der Waals surface area contributed by atoms with Gasteiger partial charge in [0.15, 0.2) is 0 Å². The predicted octanol–water partition coefficient (Wildman–Crippen LogP) is 2.93. The van der Waals surface area contributed by atoms with E-state index in [1.807, 2.05) is 17.0 Å². The fraction of sp³-hybridized carbons (Fsp3) is 0.333. The molecule has 0 aromatic heterocycles. The maximum atomic E-state index is 13.7. The summed E-state index contributed by atoms with van der Waals surface area (Å²) in [4.78, 5) is 29.2. The van der Waals surface area contributed by atoms with Gasteiger partial charge in [0.2, 0.25) is 10.8 Å². The van der Waals surface area contributed by atoms with Gasteiger partial charge in [-0.2, -0.15) is 0 Å². The summed E-state index contributed by atoms with van der Waals surface area (Å²) in [6.45, 7) is 0.689. The van der Waals surface area contributed by atoms with Crippen molar-refractivity contribution in [3.63, 3.8) is 0 Å². The number of rotatable bonds is 3. The number of thioether (sulfide) groups is 1. The molecule has 0 radical (unpaired) electrons. The van der Waals surface area contributed by atoms with Crippen LogP contribution < -0.4 is 19.3 Å². The molecule has 0 bridgehead atoms. The maximum Gasteiger partial charge on any atom is 0.268 e. The van der Waals surface area contributed by atoms with Crippen LogP contribution in [-0.2, 0) is 20.9 Å². The van der Waals surface area contributed by atoms with E-state index in [9.17, 15) is 9.59 Å². The number of amides is 2. The maximum absolute atomic E-state index is 13.7. The van der Waals surface area contributed by atoms with Crippen molar-refractivity contribution in [1.82, 2.24) is 0 Å². The molecule has 2 aromatic carbocycles. The largest absolute Gasteiger partial charge is 0.497 e. The Morgan fingerprint density at radius 1 is 1.07 bits per heavy atom. The van der Waals surface area contributed by atoms with E-state index in [1.165, 1.54) is 17.3 Å². The van der Waals surface area contributed by atoms with Crippen LogP contribution in [0.15, 0.2) is 36.4 Å². The van der Waals surface area contributed by atoms with Gasteiger partial charge in [-0.15, -0.1) is 11.8 Å². The number of carbonyl (C=O) groups excluding carboxylic acids is 2. The number of nitrogens with zero attached hydrogens (tertiary/aromatic N) is 2. The van der Waals surface area contributed by atoms with E-state index in [4.69, 9.17) is 9.47 Å². The summed E-state index contributed by atoms with van der Waals surface area (Å²) < 4.78 is 10.8. The molecular formula is C21H20N2O4S. The normalized spacial score (nSPS) is 22.8. The average Bonchev–Trinajstić information content (AvgIpc) is 3.20. The third-order valence-corrected chi connectivity index (χ3v) is 7.07. The Bertz CT molecular complexity index is 986. The topological polar surface area (TPSA) is 59.1 Å². The van der Waals surface area contributed by atoms with Crippen LogP contribution in [0.25, 0.3) is 0 Å². The zero-order chi connectivity index (χ0) is 19.5. The Kier molecular flexibility index (Phi) is 3.84. The third kappa shape index (κ3) is 2.16. The number of ether oxygens (including phenoxy) is 2. The van der Waals surface area contributed by atoms with Gasteiger partial charge in [-0.05, 0) is 18.4 Å². The van der Waals surface area contributed by atoms with E-state index < -0.39 is 4.87 Å². The van der Waals surface area contributed by atoms with E-state index in [0.717, 1.165) is 24.1 Å². The standard InChI is InChI=1S/C21H20N2O4S/c1-26-15-9-14(10-16(11-15)27-2)23-18(24)12-28-21(23)17-7-3-5-13-6-4-8-22(19(13)17)20(21)25/h3,5,7,9-11H,4,6,8,12H2,1-2H3. The molecule has 0 N–H and O–H groups in total. The molecule has 2 amide bonds. The summed E-state index contributed by atoms with van der Waals surface area (Å²) in [7, 11) is 3.14. The summed E-state index contributed by atoms with van der Waals surface area (Å²) in [6.07, 6.45) is 1.89. The van der Waals surface area contributed by atoms with Crippen LogP contribution in [0, 0.1) is 0 Å². The lowest BCUT2D eigenvalue weighted by Crippen LogP contribution is -2.50. The van der Waals surface area contributed by atoms with Crippen LogP contribution in [0.1, 0.15) is 17.5 Å². The molecule has 28 heavy (non-hydrogen) atoms. The van der Waals surface area contributed by atoms with Crippen molar-refractivity contribution in [2.45, 2.75) is 17.7 Å². The summed E-state index contributed by atoms with van der Waals surface area (Å²) in [5.41, 5.74) is 3.68. The number of hydrogen-bond donors (Lipinski definition) is 0. The van der Waals surface area contributed by atoms with Crippen LogP contribution in [-0.4, -0.2) is 38.3 Å². The van der Waals surface area contributed by atoms with Crippen molar-refractivity contribution < 1.29 is 19.1 Å². The smallest absolute Gasteiger partial charge is 0.268 e. The van der Waals surface area contributed by atoms with Crippen LogP contribution in [0.3, 0.4) is 0 Å². The highest BCUT2D eigenvalue weighted by molar-refractivity contribution is 8.02. The molecule has 3 heterocycles. The summed E-state index contributed by atoms with van der Waals surface area (Å²) >= 11 is 1.40. The van der Waals surface area contributed by atoms with Crippen molar-refractivity contribution in [1.29, 1.82) is 0 Å². The van der Waals surface area contributed by atoms with Crippen LogP contribution in [0.4, 0.5) is 11.4 Å². The number of anilines is 2. The summed E-state index contributed by atoms with van der Waals surface area (Å²) in [5.74, 6) is 1.28. The molecule has 1 unspecified atom stereocenters. The van der Waals surface area contributed by atoms with Crippen molar-refractivity contribution in [3.05, 3.63) is 47.5 Å². The minimum atomic E-state index is -1.07. The molecule has 144 valence electrons. The lowest BCUT2D eigenvalue weighted by atomic mass is 9.98. The van der Waals surface area contributed by atoms with Crippen molar-refractivity contribution >= 4 is 35.0 Å². The second kappa shape index (κ2) is 6.17. The first-order valence-electron chi connectivity index (χ1n) is 9.24. The highest BCUT2D eigenvalue weighted by Gasteiger charge is 2.61. The van der Waals surface area contributed by atoms with E-state index in [-0.39, 0.29) is 17.6 Å². The summed E-state index contributed by atoms with van der Waals surface area (Å²) in [5, 5.41) is 0. The summed E-state index contributed by atoms with van der Waals surface area (Å²) in [6, 6.07) is 11.4. The molecule has 1 spiro atoms. The van der Waals surface area contributed by atoms with Crippen LogP contribution >= 0.6 is 11.8 Å². The molecule has 6 nitrogen and oxygen atoms in total. The molecule has 2 aromatic rings. The number of aryl methyl sites for hydroxylation is 1. The molecule has 1 atom stereocenters. The molecular weight excluding hydrogens is 376 g/mol. The lowest BCUT2D eigenvalue weighted by Gasteiger charge is -2.33. The fourth-order valence-corrected chi connectivity index (χ4v) is 5.85. The van der Waals surface area contributed by atoms with Crippen molar-refractivity contribution in [3.8, 4) is 11.5 Å². The quantitative estimate of drug-likeness (QED) is 0.798. The monoisotopic (exact) mass is 396 g/mol. The van der Waals surface area contributed by atoms with E-state index in [1.54, 1.807) is 37.3 Å². The Balaban J connectivity index is 1.74. The molecule has 1 fully saturated rings. The van der Waals surface area contributed by atoms with E-state index in [0.29, 0.717) is 23.7 Å². The first-order valence-corrected chi connectivity index (χ1v) is 10.2. The minimum absolute atomic E-state index is 0.0349. The average molecular weight is 396 g/mol. The van der Waals surface area contributed by atoms with Gasteiger partial charge >= 0.3 is 0 Å². The van der Waals surface area contributed by atoms with Gasteiger partial charge in [-0.3, -0.25) is 14.5 Å². The fourth-order valence-electron chi connectivity index (χ4n) is 4.50. The van der Waals surface area contributed by atoms with Gasteiger partial charge in [0.1, 0.15) is 11.5 Å². The van der Waals surface area contributed by atoms with Crippen LogP contribution in [0.5, 0.6) is 11.5 Å². The molecule has 0 aliphatic carbocycles. The first kappa shape index (κ1) is 17.4. The second-order valence-electron chi connectivity index (χ2n) is 7.11. The molecule has 5 rings (SSSR count). The molecule has 1 saturated heterocycles. The number of carbonyl (C=O) groups is 2. The number of methoxy groups -OCH3 is 2. The van der Waals surface area contributed by atoms with Gasteiger partial charge in [0.25, 0.3) is 5.91 Å². The number of fused-ring (bicyclic) bond motifs is 1. The van der Waals surface area contributed by atoms with Crippen LogP contribution in [0.2, 0.25) is 0 Å². The second-order valence-corrected chi connectivity index (χ2v) is 8.27. The highest BCUT2D eigenvalue weighted by atomic mass is 32.2. The number of hydrogen-bond acceptors (Lipinski definition) is 5. The minimum Gasteiger partial charge on any atom is -0.497 e. The highest BCUT2D eigenvalue weighted by Crippen LogP contribution is 2.57. The third-order valence-electron chi connectivity index (χ3n) is 5.68. The lowest BCUT2D eigenvalue weighted by molar-refractivity contribution is -0.123. The van der Waals surface area contributed by atoms with Crippen molar-refractivity contribution in [2.75, 3.05) is 36.3 Å². The van der Waals surface area contributed by atoms with Gasteiger partial charge in [0, 0.05) is 30.3 Å². The molecule has 3 aliphatic heterocycles. The first-order chi connectivity index (χ1) is 13.6. The number of para-hydroxylation sites is 1. The Morgan fingerprint density at radius 2 is 1.82 bits per heavy atom. The predicted molar refractivity (Wildman–Crippen MR) is 108 cm³/mol. The zero-order valence-electron chi connectivity index (χ0n) is 15.7. The van der Waals surface area contributed by atoms with Gasteiger partial charge < -0.3 is 14.4 Å². The zero-order valence-corrected chi connectivity index (χ0v) is 16.5. The van der Waals surface area contributed by atoms with Gasteiger partial charge in [0.05, 0.1) is 31.3 Å². The number of benzene rings is 2. The van der Waals surface area contributed by atoms with Gasteiger partial charge in [-0.25, -0.2) is 0 Å². The Morgan fingerprint density at radius 3 is 2.54 bits per heavy atom. The van der Waals surface area contributed by atoms with Gasteiger partial charge in [-0.1, -0.05) is 18.2 Å². The molecule has 0 saturated carbocycles. The molecule has 3 aliphatic rings. The van der Waals surface area contributed by atoms with E-state index >= 15 is 0 Å². The molecule has 7 heteroatoms. The van der Waals surface area contributed by atoms with E-state index in [2.05, 4.69) is 6.07 Å². The Labute approximate surface area is 167 Å². The van der Waals surface area contributed by atoms with Crippen molar-refractivity contribution in [2.24, 2.45) is 0 Å². The SMILES string of the molecule is COc1cc(OC)cc(N2C(=O)CSC23C(=O)N2CCCc4cccc3c42)c1. The Hall–Kier alpha value is -2.67.